The van der Waals surface area contributed by atoms with Crippen LogP contribution in [-0.4, -0.2) is 37.4 Å². The molecule has 2 rings (SSSR count). The van der Waals surface area contributed by atoms with Gasteiger partial charge in [-0.1, -0.05) is 0 Å². The summed E-state index contributed by atoms with van der Waals surface area (Å²) in [5, 5.41) is 3.31. The van der Waals surface area contributed by atoms with Gasteiger partial charge in [0.1, 0.15) is 6.10 Å². The monoisotopic (exact) mass is 255 g/mol. The van der Waals surface area contributed by atoms with Crippen LogP contribution in [0.25, 0.3) is 0 Å². The highest BCUT2D eigenvalue weighted by atomic mass is 16.6. The summed E-state index contributed by atoms with van der Waals surface area (Å²) < 4.78 is 11.2. The highest BCUT2D eigenvalue weighted by Crippen LogP contribution is 2.23. The van der Waals surface area contributed by atoms with Crippen molar-refractivity contribution < 1.29 is 14.3 Å². The van der Waals surface area contributed by atoms with Gasteiger partial charge < -0.3 is 14.8 Å². The molecular weight excluding hydrogens is 230 g/mol. The van der Waals surface area contributed by atoms with Crippen LogP contribution in [0.4, 0.5) is 0 Å². The Kier molecular flexibility index (Phi) is 5.01. The van der Waals surface area contributed by atoms with Crippen molar-refractivity contribution in [2.24, 2.45) is 5.92 Å². The van der Waals surface area contributed by atoms with Gasteiger partial charge in [-0.15, -0.1) is 0 Å². The summed E-state index contributed by atoms with van der Waals surface area (Å²) in [5.41, 5.74) is 0. The Balaban J connectivity index is 1.72. The van der Waals surface area contributed by atoms with E-state index in [4.69, 9.17) is 9.47 Å². The molecule has 0 radical (unpaired) electrons. The average Bonchev–Trinajstić information content (AvgIpc) is 2.28. The number of piperidine rings is 1. The fourth-order valence-electron chi connectivity index (χ4n) is 3.00. The smallest absolute Gasteiger partial charge is 0.306 e. The van der Waals surface area contributed by atoms with E-state index in [-0.39, 0.29) is 24.3 Å². The van der Waals surface area contributed by atoms with E-state index in [1.54, 1.807) is 0 Å². The zero-order valence-electron chi connectivity index (χ0n) is 11.5. The van der Waals surface area contributed by atoms with Gasteiger partial charge in [0.15, 0.2) is 0 Å². The summed E-state index contributed by atoms with van der Waals surface area (Å²) in [5.74, 6) is 0.488. The van der Waals surface area contributed by atoms with Crippen LogP contribution >= 0.6 is 0 Å². The number of carbonyl (C=O) groups is 1. The highest BCUT2D eigenvalue weighted by molar-refractivity contribution is 5.69. The Morgan fingerprint density at radius 3 is 2.44 bits per heavy atom. The van der Waals surface area contributed by atoms with Crippen LogP contribution < -0.4 is 5.32 Å². The summed E-state index contributed by atoms with van der Waals surface area (Å²) >= 11 is 0. The zero-order valence-corrected chi connectivity index (χ0v) is 11.5. The van der Waals surface area contributed by atoms with Crippen molar-refractivity contribution in [2.45, 2.75) is 64.3 Å². The van der Waals surface area contributed by atoms with Crippen LogP contribution in [0.2, 0.25) is 0 Å². The van der Waals surface area contributed by atoms with E-state index in [0.717, 1.165) is 38.8 Å². The molecule has 18 heavy (non-hydrogen) atoms. The predicted molar refractivity (Wildman–Crippen MR) is 69.3 cm³/mol. The molecule has 104 valence electrons. The van der Waals surface area contributed by atoms with Crippen LogP contribution in [-0.2, 0) is 14.3 Å². The molecule has 2 saturated heterocycles. The molecule has 0 amide bonds. The molecule has 4 heteroatoms. The van der Waals surface area contributed by atoms with Crippen molar-refractivity contribution in [1.82, 2.24) is 5.32 Å². The van der Waals surface area contributed by atoms with Crippen LogP contribution in [0.15, 0.2) is 0 Å². The summed E-state index contributed by atoms with van der Waals surface area (Å²) in [6, 6.07) is 0. The second kappa shape index (κ2) is 6.53. The molecule has 0 saturated carbocycles. The first-order chi connectivity index (χ1) is 8.63. The molecule has 0 spiro atoms. The molecule has 0 bridgehead atoms. The number of hydrogen-bond acceptors (Lipinski definition) is 4. The van der Waals surface area contributed by atoms with Gasteiger partial charge in [0, 0.05) is 19.3 Å². The zero-order chi connectivity index (χ0) is 13.0. The van der Waals surface area contributed by atoms with Gasteiger partial charge in [0.2, 0.25) is 0 Å². The molecule has 0 aromatic carbocycles. The molecule has 1 N–H and O–H groups in total. The van der Waals surface area contributed by atoms with Crippen molar-refractivity contribution in [2.75, 3.05) is 13.1 Å². The van der Waals surface area contributed by atoms with E-state index in [0.29, 0.717) is 12.3 Å². The fraction of sp³-hybridized carbons (Fsp3) is 0.929. The topological polar surface area (TPSA) is 47.6 Å². The number of nitrogens with one attached hydrogen (secondary N) is 1. The van der Waals surface area contributed by atoms with Gasteiger partial charge in [-0.05, 0) is 45.7 Å². The first-order valence-corrected chi connectivity index (χ1v) is 7.19. The standard InChI is InChI=1S/C14H25NO3/c1-10-7-13(8-11(2)17-10)18-14(16)9-12-3-5-15-6-4-12/h10-13,15H,3-9H2,1-2H3. The Morgan fingerprint density at radius 2 is 1.83 bits per heavy atom. The number of hydrogen-bond donors (Lipinski definition) is 1. The molecule has 0 aliphatic carbocycles. The van der Waals surface area contributed by atoms with Crippen LogP contribution in [0.5, 0.6) is 0 Å². The molecule has 2 aliphatic rings. The number of carbonyl (C=O) groups excluding carboxylic acids is 1. The molecule has 0 aromatic rings. The molecule has 2 heterocycles. The van der Waals surface area contributed by atoms with E-state index in [2.05, 4.69) is 5.32 Å². The van der Waals surface area contributed by atoms with Crippen LogP contribution in [0.3, 0.4) is 0 Å². The Labute approximate surface area is 109 Å². The summed E-state index contributed by atoms with van der Waals surface area (Å²) in [6.45, 7) is 6.15. The van der Waals surface area contributed by atoms with Crippen LogP contribution in [0, 0.1) is 5.92 Å². The molecule has 4 nitrogen and oxygen atoms in total. The van der Waals surface area contributed by atoms with Gasteiger partial charge in [-0.3, -0.25) is 4.79 Å². The lowest BCUT2D eigenvalue weighted by molar-refractivity contribution is -0.160. The van der Waals surface area contributed by atoms with Crippen molar-refractivity contribution in [3.8, 4) is 0 Å². The molecule has 2 fully saturated rings. The second-order valence-electron chi connectivity index (χ2n) is 5.74. The van der Waals surface area contributed by atoms with Gasteiger partial charge in [0.25, 0.3) is 0 Å². The summed E-state index contributed by atoms with van der Waals surface area (Å²) in [7, 11) is 0. The fourth-order valence-corrected chi connectivity index (χ4v) is 3.00. The van der Waals surface area contributed by atoms with Crippen molar-refractivity contribution in [1.29, 1.82) is 0 Å². The third kappa shape index (κ3) is 4.25. The molecule has 2 atom stereocenters. The number of rotatable bonds is 3. The maximum Gasteiger partial charge on any atom is 0.306 e. The first kappa shape index (κ1) is 13.8. The van der Waals surface area contributed by atoms with E-state index in [9.17, 15) is 4.79 Å². The van der Waals surface area contributed by atoms with Crippen molar-refractivity contribution in [3.63, 3.8) is 0 Å². The van der Waals surface area contributed by atoms with Gasteiger partial charge in [-0.25, -0.2) is 0 Å². The third-order valence-electron chi connectivity index (χ3n) is 3.87. The lowest BCUT2D eigenvalue weighted by Crippen LogP contribution is -2.36. The molecular formula is C14H25NO3. The minimum absolute atomic E-state index is 0.0202. The van der Waals surface area contributed by atoms with Gasteiger partial charge in [0.05, 0.1) is 12.2 Å². The summed E-state index contributed by atoms with van der Waals surface area (Å²) in [6.07, 6.45) is 4.89. The van der Waals surface area contributed by atoms with Crippen molar-refractivity contribution in [3.05, 3.63) is 0 Å². The maximum atomic E-state index is 11.9. The minimum atomic E-state index is -0.0202. The number of ether oxygens (including phenoxy) is 2. The SMILES string of the molecule is CC1CC(OC(=O)CC2CCNCC2)CC(C)O1. The Morgan fingerprint density at radius 1 is 1.22 bits per heavy atom. The third-order valence-corrected chi connectivity index (χ3v) is 3.87. The number of esters is 1. The average molecular weight is 255 g/mol. The molecule has 2 unspecified atom stereocenters. The minimum Gasteiger partial charge on any atom is -0.462 e. The largest absolute Gasteiger partial charge is 0.462 e. The van der Waals surface area contributed by atoms with E-state index >= 15 is 0 Å². The normalized spacial score (nSPS) is 34.2. The van der Waals surface area contributed by atoms with E-state index in [1.165, 1.54) is 0 Å². The second-order valence-corrected chi connectivity index (χ2v) is 5.74. The quantitative estimate of drug-likeness (QED) is 0.782. The lowest BCUT2D eigenvalue weighted by atomic mass is 9.94. The summed E-state index contributed by atoms with van der Waals surface area (Å²) in [4.78, 5) is 11.9. The van der Waals surface area contributed by atoms with E-state index < -0.39 is 0 Å². The highest BCUT2D eigenvalue weighted by Gasteiger charge is 2.28. The molecule has 0 aromatic heterocycles. The van der Waals surface area contributed by atoms with Crippen molar-refractivity contribution >= 4 is 5.97 Å². The first-order valence-electron chi connectivity index (χ1n) is 7.19. The van der Waals surface area contributed by atoms with E-state index in [1.807, 2.05) is 13.8 Å². The van der Waals surface area contributed by atoms with Gasteiger partial charge >= 0.3 is 5.97 Å². The molecule has 2 aliphatic heterocycles. The Bertz CT molecular complexity index is 266. The van der Waals surface area contributed by atoms with Gasteiger partial charge in [-0.2, -0.15) is 0 Å². The lowest BCUT2D eigenvalue weighted by Gasteiger charge is -2.32. The van der Waals surface area contributed by atoms with Crippen LogP contribution in [0.1, 0.15) is 46.0 Å². The Hall–Kier alpha value is -0.610. The maximum absolute atomic E-state index is 11.9. The predicted octanol–water partition coefficient (Wildman–Crippen LogP) is 1.88.